The van der Waals surface area contributed by atoms with E-state index in [9.17, 15) is 4.79 Å². The summed E-state index contributed by atoms with van der Waals surface area (Å²) in [5.74, 6) is 0.611. The van der Waals surface area contributed by atoms with E-state index in [0.29, 0.717) is 11.6 Å². The van der Waals surface area contributed by atoms with E-state index in [2.05, 4.69) is 15.3 Å². The normalized spacial score (nSPS) is 23.7. The van der Waals surface area contributed by atoms with Crippen molar-refractivity contribution in [2.45, 2.75) is 31.8 Å². The lowest BCUT2D eigenvalue weighted by atomic mass is 10.1. The molecule has 2 aliphatic rings. The molecule has 1 saturated heterocycles. The number of hydrogen-bond donors (Lipinski definition) is 2. The quantitative estimate of drug-likeness (QED) is 0.788. The van der Waals surface area contributed by atoms with Crippen molar-refractivity contribution in [1.82, 2.24) is 20.0 Å². The molecule has 3 rings (SSSR count). The number of nitrogens with one attached hydrogen (secondary N) is 1. The minimum Gasteiger partial charge on any atom is -0.396 e. The van der Waals surface area contributed by atoms with E-state index < -0.39 is 0 Å². The summed E-state index contributed by atoms with van der Waals surface area (Å²) < 4.78 is 1.57. The van der Waals surface area contributed by atoms with Crippen LogP contribution in [-0.4, -0.2) is 46.3 Å². The van der Waals surface area contributed by atoms with Gasteiger partial charge in [-0.3, -0.25) is 9.48 Å². The minimum atomic E-state index is 0.00738. The van der Waals surface area contributed by atoms with Crippen molar-refractivity contribution in [1.29, 1.82) is 0 Å². The highest BCUT2D eigenvalue weighted by Gasteiger charge is 2.34. The number of nitrogens with two attached hydrogens (primary N) is 1. The van der Waals surface area contributed by atoms with Crippen LogP contribution >= 0.6 is 0 Å². The zero-order valence-corrected chi connectivity index (χ0v) is 11.1. The van der Waals surface area contributed by atoms with Crippen LogP contribution < -0.4 is 11.1 Å². The summed E-state index contributed by atoms with van der Waals surface area (Å²) in [6, 6.07) is 0.841. The van der Waals surface area contributed by atoms with E-state index in [1.807, 2.05) is 0 Å². The number of likely N-dealkylation sites (tertiary alicyclic amines) is 1. The van der Waals surface area contributed by atoms with E-state index in [1.54, 1.807) is 17.1 Å². The highest BCUT2D eigenvalue weighted by molar-refractivity contribution is 5.75. The number of carbonyl (C=O) groups excluding carboxylic acids is 1. The van der Waals surface area contributed by atoms with Crippen molar-refractivity contribution in [2.24, 2.45) is 5.92 Å². The maximum Gasteiger partial charge on any atom is 0.241 e. The Balaban J connectivity index is 1.38. The lowest BCUT2D eigenvalue weighted by Gasteiger charge is -2.15. The van der Waals surface area contributed by atoms with Gasteiger partial charge < -0.3 is 16.0 Å². The number of anilines is 1. The molecule has 2 heterocycles. The highest BCUT2D eigenvalue weighted by atomic mass is 16.2. The maximum atomic E-state index is 11.8. The summed E-state index contributed by atoms with van der Waals surface area (Å²) in [7, 11) is 0. The first-order valence-electron chi connectivity index (χ1n) is 6.99. The molecule has 104 valence electrons. The molecule has 1 amide bonds. The zero-order valence-electron chi connectivity index (χ0n) is 11.1. The van der Waals surface area contributed by atoms with Crippen LogP contribution in [0, 0.1) is 5.92 Å². The van der Waals surface area contributed by atoms with Crippen molar-refractivity contribution in [3.05, 3.63) is 12.4 Å². The molecule has 3 N–H and O–H groups in total. The van der Waals surface area contributed by atoms with Crippen LogP contribution in [0.5, 0.6) is 0 Å². The third kappa shape index (κ3) is 3.26. The minimum absolute atomic E-state index is 0.00738. The van der Waals surface area contributed by atoms with Gasteiger partial charge in [-0.05, 0) is 31.7 Å². The van der Waals surface area contributed by atoms with Crippen LogP contribution in [-0.2, 0) is 11.3 Å². The molecule has 0 bridgehead atoms. The second kappa shape index (κ2) is 5.21. The molecule has 2 fully saturated rings. The molecular weight excluding hydrogens is 242 g/mol. The standard InChI is InChI=1S/C13H21N5O/c14-11-6-16-18(8-11)9-13(19)15-5-10-3-4-17(7-10)12-1-2-12/h6,8,10,12H,1-5,7,9,14H2,(H,15,19). The van der Waals surface area contributed by atoms with E-state index >= 15 is 0 Å². The molecule has 0 radical (unpaired) electrons. The summed E-state index contributed by atoms with van der Waals surface area (Å²) in [6.45, 7) is 3.36. The van der Waals surface area contributed by atoms with E-state index in [0.717, 1.165) is 19.1 Å². The zero-order chi connectivity index (χ0) is 13.2. The van der Waals surface area contributed by atoms with Crippen LogP contribution in [0.25, 0.3) is 0 Å². The van der Waals surface area contributed by atoms with E-state index in [4.69, 9.17) is 5.73 Å². The number of aromatic nitrogens is 2. The molecule has 1 aliphatic carbocycles. The molecule has 1 atom stereocenters. The molecule has 1 aliphatic heterocycles. The van der Waals surface area contributed by atoms with Crippen LogP contribution in [0.4, 0.5) is 5.69 Å². The van der Waals surface area contributed by atoms with Gasteiger partial charge >= 0.3 is 0 Å². The fraction of sp³-hybridized carbons (Fsp3) is 0.692. The summed E-state index contributed by atoms with van der Waals surface area (Å²) in [4.78, 5) is 14.3. The Morgan fingerprint density at radius 3 is 3.00 bits per heavy atom. The molecule has 0 spiro atoms. The van der Waals surface area contributed by atoms with Crippen LogP contribution in [0.3, 0.4) is 0 Å². The maximum absolute atomic E-state index is 11.8. The second-order valence-electron chi connectivity index (χ2n) is 5.66. The first-order chi connectivity index (χ1) is 9.20. The Morgan fingerprint density at radius 1 is 1.47 bits per heavy atom. The topological polar surface area (TPSA) is 76.2 Å². The molecule has 1 saturated carbocycles. The highest BCUT2D eigenvalue weighted by Crippen LogP contribution is 2.31. The number of rotatable bonds is 5. The number of nitrogen functional groups attached to an aromatic ring is 1. The fourth-order valence-electron chi connectivity index (χ4n) is 2.73. The van der Waals surface area contributed by atoms with E-state index in [-0.39, 0.29) is 12.5 Å². The summed E-state index contributed by atoms with van der Waals surface area (Å²) in [6.07, 6.45) is 7.15. The molecule has 0 aromatic carbocycles. The van der Waals surface area contributed by atoms with Gasteiger partial charge in [0, 0.05) is 25.3 Å². The third-order valence-corrected chi connectivity index (χ3v) is 3.93. The lowest BCUT2D eigenvalue weighted by Crippen LogP contribution is -2.33. The van der Waals surface area contributed by atoms with Gasteiger partial charge in [-0.25, -0.2) is 0 Å². The Labute approximate surface area is 112 Å². The molecule has 19 heavy (non-hydrogen) atoms. The lowest BCUT2D eigenvalue weighted by molar-refractivity contribution is -0.122. The SMILES string of the molecule is Nc1cnn(CC(=O)NCC2CCN(C3CC3)C2)c1. The van der Waals surface area contributed by atoms with Gasteiger partial charge in [0.25, 0.3) is 0 Å². The summed E-state index contributed by atoms with van der Waals surface area (Å²) >= 11 is 0. The van der Waals surface area contributed by atoms with Gasteiger partial charge in [-0.2, -0.15) is 5.10 Å². The molecular formula is C13H21N5O. The smallest absolute Gasteiger partial charge is 0.241 e. The van der Waals surface area contributed by atoms with Gasteiger partial charge in [-0.1, -0.05) is 0 Å². The van der Waals surface area contributed by atoms with Gasteiger partial charge in [0.05, 0.1) is 11.9 Å². The van der Waals surface area contributed by atoms with Crippen LogP contribution in [0.1, 0.15) is 19.3 Å². The number of nitrogens with zero attached hydrogens (tertiary/aromatic N) is 3. The molecule has 6 nitrogen and oxygen atoms in total. The van der Waals surface area contributed by atoms with Gasteiger partial charge in [-0.15, -0.1) is 0 Å². The summed E-state index contributed by atoms with van der Waals surface area (Å²) in [5.41, 5.74) is 6.14. The average molecular weight is 263 g/mol. The van der Waals surface area contributed by atoms with Crippen molar-refractivity contribution >= 4 is 11.6 Å². The van der Waals surface area contributed by atoms with Crippen molar-refractivity contribution in [3.63, 3.8) is 0 Å². The number of hydrogen-bond acceptors (Lipinski definition) is 4. The third-order valence-electron chi connectivity index (χ3n) is 3.93. The molecule has 1 aromatic rings. The largest absolute Gasteiger partial charge is 0.396 e. The monoisotopic (exact) mass is 263 g/mol. The van der Waals surface area contributed by atoms with Crippen LogP contribution in [0.15, 0.2) is 12.4 Å². The molecule has 1 aromatic heterocycles. The Bertz CT molecular complexity index is 454. The number of amides is 1. The predicted octanol–water partition coefficient (Wildman–Crippen LogP) is 0.0658. The Morgan fingerprint density at radius 2 is 2.32 bits per heavy atom. The first kappa shape index (κ1) is 12.5. The molecule has 1 unspecified atom stereocenters. The first-order valence-corrected chi connectivity index (χ1v) is 6.99. The Kier molecular flexibility index (Phi) is 3.42. The van der Waals surface area contributed by atoms with Crippen molar-refractivity contribution < 1.29 is 4.79 Å². The van der Waals surface area contributed by atoms with Gasteiger partial charge in [0.1, 0.15) is 6.54 Å². The Hall–Kier alpha value is -1.56. The van der Waals surface area contributed by atoms with E-state index in [1.165, 1.54) is 25.8 Å². The second-order valence-corrected chi connectivity index (χ2v) is 5.66. The fourth-order valence-corrected chi connectivity index (χ4v) is 2.73. The van der Waals surface area contributed by atoms with Crippen molar-refractivity contribution in [3.8, 4) is 0 Å². The van der Waals surface area contributed by atoms with Gasteiger partial charge in [0.15, 0.2) is 0 Å². The van der Waals surface area contributed by atoms with Crippen molar-refractivity contribution in [2.75, 3.05) is 25.4 Å². The molecule has 6 heteroatoms. The van der Waals surface area contributed by atoms with Crippen LogP contribution in [0.2, 0.25) is 0 Å². The number of carbonyl (C=O) groups is 1. The summed E-state index contributed by atoms with van der Waals surface area (Å²) in [5, 5.41) is 7.00. The predicted molar refractivity (Wildman–Crippen MR) is 72.4 cm³/mol. The van der Waals surface area contributed by atoms with Gasteiger partial charge in [0.2, 0.25) is 5.91 Å². The average Bonchev–Trinajstić information content (AvgIpc) is 2.99.